The van der Waals surface area contributed by atoms with E-state index in [0.29, 0.717) is 0 Å². The summed E-state index contributed by atoms with van der Waals surface area (Å²) in [7, 11) is 0. The van der Waals surface area contributed by atoms with Crippen LogP contribution in [0.3, 0.4) is 0 Å². The summed E-state index contributed by atoms with van der Waals surface area (Å²) in [5.41, 5.74) is 0. The minimum absolute atomic E-state index is 1.15. The van der Waals surface area contributed by atoms with Gasteiger partial charge in [0, 0.05) is 0 Å². The van der Waals surface area contributed by atoms with E-state index in [1.165, 1.54) is 31.1 Å². The quantitative estimate of drug-likeness (QED) is 0.492. The van der Waals surface area contributed by atoms with Gasteiger partial charge in [-0.2, -0.15) is 0 Å². The third kappa shape index (κ3) is 3.27. The molecule has 0 atom stereocenters. The van der Waals surface area contributed by atoms with Gasteiger partial charge in [0.25, 0.3) is 0 Å². The van der Waals surface area contributed by atoms with E-state index in [1.807, 2.05) is 0 Å². The molecule has 0 saturated carbocycles. The first-order valence-corrected chi connectivity index (χ1v) is 10.9. The van der Waals surface area contributed by atoms with Crippen LogP contribution in [-0.2, 0) is 0 Å². The molecule has 76 valence electrons. The Kier molecular flexibility index (Phi) is 5.93. The Labute approximate surface area is 93.7 Å². The van der Waals surface area contributed by atoms with Gasteiger partial charge >= 0.3 is 93.9 Å². The standard InChI is InChI=1S/C9H21Br2P/c1-4-12(11,5-2,6-3)9-7-8-10/h4-9H2,1-3H3. The number of rotatable bonds is 6. The summed E-state index contributed by atoms with van der Waals surface area (Å²) < 4.78 is 0. The SMILES string of the molecule is CCP(Br)(CC)(CC)CCCBr. The average molecular weight is 320 g/mol. The molecule has 0 saturated heterocycles. The molecule has 0 nitrogen and oxygen atoms in total. The molecule has 0 radical (unpaired) electrons. The van der Waals surface area contributed by atoms with Gasteiger partial charge in [0.05, 0.1) is 0 Å². The zero-order valence-electron chi connectivity index (χ0n) is 8.45. The van der Waals surface area contributed by atoms with Crippen LogP contribution in [0.2, 0.25) is 0 Å². The fourth-order valence-corrected chi connectivity index (χ4v) is 6.30. The predicted molar refractivity (Wildman–Crippen MR) is 70.7 cm³/mol. The molecule has 0 unspecified atom stereocenters. The van der Waals surface area contributed by atoms with Crippen molar-refractivity contribution in [3.8, 4) is 0 Å². The fraction of sp³-hybridized carbons (Fsp3) is 1.00. The summed E-state index contributed by atoms with van der Waals surface area (Å²) in [6.45, 7) is 7.02. The second-order valence-electron chi connectivity index (χ2n) is 3.53. The molecule has 0 aromatic carbocycles. The second-order valence-corrected chi connectivity index (χ2v) is 16.3. The van der Waals surface area contributed by atoms with Crippen molar-refractivity contribution in [2.45, 2.75) is 27.2 Å². The molecule has 0 bridgehead atoms. The molecule has 0 aromatic rings. The average Bonchev–Trinajstić information content (AvgIpc) is 2.15. The van der Waals surface area contributed by atoms with Crippen LogP contribution in [-0.4, -0.2) is 30.0 Å². The molecule has 0 aromatic heterocycles. The van der Waals surface area contributed by atoms with Gasteiger partial charge in [0.2, 0.25) is 0 Å². The van der Waals surface area contributed by atoms with Crippen LogP contribution >= 0.6 is 36.7 Å². The third-order valence-corrected chi connectivity index (χ3v) is 15.5. The summed E-state index contributed by atoms with van der Waals surface area (Å²) in [6.07, 6.45) is 6.78. The van der Waals surface area contributed by atoms with E-state index in [0.717, 1.165) is 5.33 Å². The molecule has 0 aliphatic heterocycles. The van der Waals surface area contributed by atoms with E-state index in [1.54, 1.807) is 0 Å². The molecule has 0 rings (SSSR count). The van der Waals surface area contributed by atoms with Gasteiger partial charge in [-0.1, -0.05) is 0 Å². The van der Waals surface area contributed by atoms with Crippen LogP contribution in [0.25, 0.3) is 0 Å². The maximum atomic E-state index is 4.10. The molecule has 0 N–H and O–H groups in total. The molecule has 0 spiro atoms. The van der Waals surface area contributed by atoms with Crippen molar-refractivity contribution in [2.24, 2.45) is 0 Å². The summed E-state index contributed by atoms with van der Waals surface area (Å²) in [5, 5.41) is -0.273. The van der Waals surface area contributed by atoms with Crippen molar-refractivity contribution >= 4 is 36.7 Å². The zero-order valence-corrected chi connectivity index (χ0v) is 12.5. The number of hydrogen-bond acceptors (Lipinski definition) is 0. The molecule has 12 heavy (non-hydrogen) atoms. The zero-order chi connectivity index (χ0) is 9.69. The van der Waals surface area contributed by atoms with Crippen molar-refractivity contribution < 1.29 is 0 Å². The topological polar surface area (TPSA) is 0 Å². The Morgan fingerprint density at radius 2 is 1.42 bits per heavy atom. The first kappa shape index (κ1) is 13.4. The monoisotopic (exact) mass is 318 g/mol. The van der Waals surface area contributed by atoms with Crippen LogP contribution in [0.1, 0.15) is 27.2 Å². The minimum atomic E-state index is -1.42. The Morgan fingerprint density at radius 3 is 1.67 bits per heavy atom. The first-order chi connectivity index (χ1) is 5.54. The van der Waals surface area contributed by atoms with Crippen molar-refractivity contribution in [2.75, 3.05) is 30.0 Å². The number of halogens is 2. The summed E-state index contributed by atoms with van der Waals surface area (Å²) >= 11 is 7.61. The third-order valence-electron chi connectivity index (χ3n) is 3.22. The van der Waals surface area contributed by atoms with Gasteiger partial charge in [0.15, 0.2) is 0 Å². The predicted octanol–water partition coefficient (Wildman–Crippen LogP) is 4.69. The van der Waals surface area contributed by atoms with Crippen LogP contribution in [0.5, 0.6) is 0 Å². The van der Waals surface area contributed by atoms with Gasteiger partial charge in [-0.25, -0.2) is 0 Å². The number of hydrogen-bond donors (Lipinski definition) is 0. The van der Waals surface area contributed by atoms with Crippen molar-refractivity contribution in [3.63, 3.8) is 0 Å². The van der Waals surface area contributed by atoms with Crippen LogP contribution in [0.4, 0.5) is 0 Å². The van der Waals surface area contributed by atoms with E-state index in [4.69, 9.17) is 0 Å². The van der Waals surface area contributed by atoms with E-state index in [9.17, 15) is 0 Å². The summed E-state index contributed by atoms with van der Waals surface area (Å²) in [4.78, 5) is 0. The normalized spacial score (nSPS) is 15.6. The molecular weight excluding hydrogens is 299 g/mol. The second kappa shape index (κ2) is 5.32. The Morgan fingerprint density at radius 1 is 1.00 bits per heavy atom. The Balaban J connectivity index is 4.35. The molecular formula is C9H21Br2P. The summed E-state index contributed by atoms with van der Waals surface area (Å²) in [5.74, 6) is 0. The molecule has 0 amide bonds. The maximum absolute atomic E-state index is 4.10. The van der Waals surface area contributed by atoms with Gasteiger partial charge < -0.3 is 0 Å². The van der Waals surface area contributed by atoms with Gasteiger partial charge in [0.1, 0.15) is 0 Å². The van der Waals surface area contributed by atoms with Gasteiger partial charge in [-0.3, -0.25) is 0 Å². The van der Waals surface area contributed by atoms with E-state index >= 15 is 0 Å². The van der Waals surface area contributed by atoms with E-state index in [-0.39, 0.29) is 0 Å². The van der Waals surface area contributed by atoms with Crippen molar-refractivity contribution in [3.05, 3.63) is 0 Å². The van der Waals surface area contributed by atoms with Gasteiger partial charge in [-0.05, 0) is 0 Å². The van der Waals surface area contributed by atoms with Crippen molar-refractivity contribution in [1.82, 2.24) is 0 Å². The molecule has 3 heteroatoms. The summed E-state index contributed by atoms with van der Waals surface area (Å²) in [6, 6.07) is 0. The molecule has 0 aliphatic rings. The van der Waals surface area contributed by atoms with E-state index < -0.39 is 5.31 Å². The first-order valence-electron chi connectivity index (χ1n) is 4.82. The Hall–Kier alpha value is 1.39. The molecule has 0 fully saturated rings. The van der Waals surface area contributed by atoms with E-state index in [2.05, 4.69) is 52.2 Å². The molecule has 0 heterocycles. The Bertz CT molecular complexity index is 121. The van der Waals surface area contributed by atoms with Gasteiger partial charge in [-0.15, -0.1) is 0 Å². The van der Waals surface area contributed by atoms with Crippen LogP contribution < -0.4 is 0 Å². The fourth-order valence-electron chi connectivity index (χ4n) is 1.60. The van der Waals surface area contributed by atoms with Crippen molar-refractivity contribution in [1.29, 1.82) is 0 Å². The number of alkyl halides is 1. The van der Waals surface area contributed by atoms with Crippen LogP contribution in [0, 0.1) is 0 Å². The molecule has 0 aliphatic carbocycles. The van der Waals surface area contributed by atoms with Crippen LogP contribution in [0.15, 0.2) is 0 Å².